The van der Waals surface area contributed by atoms with Crippen molar-refractivity contribution in [2.45, 2.75) is 18.1 Å². The second kappa shape index (κ2) is 7.60. The fraction of sp³-hybridized carbons (Fsp3) is 0.182. The number of hydrogen-bond donors (Lipinski definition) is 1. The molecular weight excluding hydrogens is 413 g/mol. The lowest BCUT2D eigenvalue weighted by molar-refractivity contribution is -0.137. The van der Waals surface area contributed by atoms with E-state index in [1.54, 1.807) is 31.3 Å². The van der Waals surface area contributed by atoms with Crippen molar-refractivity contribution in [3.05, 3.63) is 87.6 Å². The average molecular weight is 430 g/mol. The van der Waals surface area contributed by atoms with Crippen molar-refractivity contribution in [2.75, 3.05) is 12.4 Å². The Morgan fingerprint density at radius 3 is 2.43 bits per heavy atom. The molecule has 0 fully saturated rings. The molecule has 2 atom stereocenters. The normalized spacial score (nSPS) is 18.8. The quantitative estimate of drug-likeness (QED) is 0.612. The number of thiophene rings is 1. The van der Waals surface area contributed by atoms with Crippen molar-refractivity contribution < 1.29 is 22.8 Å². The van der Waals surface area contributed by atoms with Gasteiger partial charge in [0.2, 0.25) is 5.91 Å². The molecule has 1 aromatic heterocycles. The Labute approximate surface area is 174 Å². The number of likely N-dealkylation sites (N-methyl/N-ethyl adjacent to an activating group) is 1. The van der Waals surface area contributed by atoms with Crippen LogP contribution in [0, 0.1) is 0 Å². The number of anilines is 1. The first-order valence-corrected chi connectivity index (χ1v) is 10.0. The Bertz CT molecular complexity index is 1100. The summed E-state index contributed by atoms with van der Waals surface area (Å²) in [5.74, 6) is -1.69. The van der Waals surface area contributed by atoms with Crippen LogP contribution < -0.4 is 5.32 Å². The molecule has 2 heterocycles. The third-order valence-electron chi connectivity index (χ3n) is 5.19. The first-order chi connectivity index (χ1) is 14.3. The molecule has 2 amide bonds. The minimum atomic E-state index is -4.60. The molecule has 0 radical (unpaired) electrons. The fourth-order valence-electron chi connectivity index (χ4n) is 3.82. The molecule has 0 aliphatic carbocycles. The Hall–Kier alpha value is -3.13. The fourth-order valence-corrected chi connectivity index (χ4v) is 4.73. The predicted molar refractivity (Wildman–Crippen MR) is 108 cm³/mol. The van der Waals surface area contributed by atoms with Gasteiger partial charge in [0.15, 0.2) is 0 Å². The van der Waals surface area contributed by atoms with Gasteiger partial charge in [0, 0.05) is 17.5 Å². The molecule has 0 spiro atoms. The lowest BCUT2D eigenvalue weighted by Crippen LogP contribution is -2.43. The van der Waals surface area contributed by atoms with E-state index in [2.05, 4.69) is 5.32 Å². The molecule has 1 aliphatic rings. The van der Waals surface area contributed by atoms with Gasteiger partial charge in [-0.05, 0) is 35.2 Å². The van der Waals surface area contributed by atoms with Crippen molar-refractivity contribution in [3.63, 3.8) is 0 Å². The number of alkyl halides is 3. The van der Waals surface area contributed by atoms with Crippen LogP contribution in [0.1, 0.15) is 38.3 Å². The standard InChI is InChI=1S/C22H17F3N2O2S/c1-27-19(17-11-6-12-30-17)18(13-7-2-3-8-14(13)21(27)29)20(28)26-16-10-5-4-9-15(16)22(23,24)25/h2-12,18-19H,1H3,(H,26,28)/t18-,19-/m0/s1. The molecule has 8 heteroatoms. The lowest BCUT2D eigenvalue weighted by Gasteiger charge is -2.39. The summed E-state index contributed by atoms with van der Waals surface area (Å²) < 4.78 is 40.2. The summed E-state index contributed by atoms with van der Waals surface area (Å²) >= 11 is 1.39. The van der Waals surface area contributed by atoms with Crippen LogP contribution in [0.3, 0.4) is 0 Å². The number of nitrogens with zero attached hydrogens (tertiary/aromatic N) is 1. The van der Waals surface area contributed by atoms with Crippen molar-refractivity contribution in [2.24, 2.45) is 0 Å². The van der Waals surface area contributed by atoms with Gasteiger partial charge in [0.1, 0.15) is 0 Å². The number of amides is 2. The first kappa shape index (κ1) is 20.2. The van der Waals surface area contributed by atoms with Gasteiger partial charge < -0.3 is 10.2 Å². The number of para-hydroxylation sites is 1. The summed E-state index contributed by atoms with van der Waals surface area (Å²) in [5.41, 5.74) is -0.352. The molecular formula is C22H17F3N2O2S. The van der Waals surface area contributed by atoms with E-state index in [1.807, 2.05) is 17.5 Å². The van der Waals surface area contributed by atoms with Crippen molar-refractivity contribution in [1.29, 1.82) is 0 Å². The molecule has 1 N–H and O–H groups in total. The van der Waals surface area contributed by atoms with E-state index >= 15 is 0 Å². The smallest absolute Gasteiger partial charge is 0.333 e. The number of carbonyl (C=O) groups excluding carboxylic acids is 2. The molecule has 0 saturated carbocycles. The molecule has 0 saturated heterocycles. The number of carbonyl (C=O) groups is 2. The zero-order chi connectivity index (χ0) is 21.5. The molecule has 0 unspecified atom stereocenters. The van der Waals surface area contributed by atoms with Crippen LogP contribution >= 0.6 is 11.3 Å². The molecule has 4 rings (SSSR count). The second-order valence-corrected chi connectivity index (χ2v) is 7.95. The Balaban J connectivity index is 1.80. The van der Waals surface area contributed by atoms with Crippen LogP contribution in [0.2, 0.25) is 0 Å². The monoisotopic (exact) mass is 430 g/mol. The van der Waals surface area contributed by atoms with Gasteiger partial charge in [-0.15, -0.1) is 11.3 Å². The van der Waals surface area contributed by atoms with E-state index in [1.165, 1.54) is 34.4 Å². The van der Waals surface area contributed by atoms with Gasteiger partial charge in [0.25, 0.3) is 5.91 Å². The first-order valence-electron chi connectivity index (χ1n) is 9.15. The van der Waals surface area contributed by atoms with Gasteiger partial charge in [-0.1, -0.05) is 36.4 Å². The molecule has 0 bridgehead atoms. The SMILES string of the molecule is CN1C(=O)c2ccccc2[C@H](C(=O)Nc2ccccc2C(F)(F)F)[C@@H]1c1cccs1. The number of nitrogens with one attached hydrogen (secondary N) is 1. The van der Waals surface area contributed by atoms with E-state index in [0.717, 1.165) is 10.9 Å². The van der Waals surface area contributed by atoms with Crippen molar-refractivity contribution in [3.8, 4) is 0 Å². The molecule has 1 aliphatic heterocycles. The van der Waals surface area contributed by atoms with E-state index < -0.39 is 29.6 Å². The maximum atomic E-state index is 13.4. The summed E-state index contributed by atoms with van der Waals surface area (Å²) in [6.07, 6.45) is -4.60. The van der Waals surface area contributed by atoms with Gasteiger partial charge in [-0.2, -0.15) is 13.2 Å². The number of hydrogen-bond acceptors (Lipinski definition) is 3. The molecule has 154 valence electrons. The van der Waals surface area contributed by atoms with E-state index in [4.69, 9.17) is 0 Å². The average Bonchev–Trinajstić information content (AvgIpc) is 3.24. The zero-order valence-electron chi connectivity index (χ0n) is 15.8. The molecule has 4 nitrogen and oxygen atoms in total. The summed E-state index contributed by atoms with van der Waals surface area (Å²) in [7, 11) is 1.60. The van der Waals surface area contributed by atoms with Gasteiger partial charge in [-0.3, -0.25) is 9.59 Å². The number of benzene rings is 2. The summed E-state index contributed by atoms with van der Waals surface area (Å²) in [5, 5.41) is 4.30. The molecule has 2 aromatic carbocycles. The summed E-state index contributed by atoms with van der Waals surface area (Å²) in [6, 6.07) is 14.6. The minimum Gasteiger partial charge on any atom is -0.333 e. The van der Waals surface area contributed by atoms with Crippen LogP contribution in [0.4, 0.5) is 18.9 Å². The third-order valence-corrected chi connectivity index (χ3v) is 6.13. The Kier molecular flexibility index (Phi) is 5.11. The molecule has 30 heavy (non-hydrogen) atoms. The minimum absolute atomic E-state index is 0.233. The van der Waals surface area contributed by atoms with Gasteiger partial charge in [0.05, 0.1) is 23.2 Å². The van der Waals surface area contributed by atoms with E-state index in [0.29, 0.717) is 11.1 Å². The topological polar surface area (TPSA) is 49.4 Å². The number of fused-ring (bicyclic) bond motifs is 1. The third kappa shape index (κ3) is 3.47. The van der Waals surface area contributed by atoms with Crippen LogP contribution in [0.25, 0.3) is 0 Å². The Morgan fingerprint density at radius 2 is 1.73 bits per heavy atom. The van der Waals surface area contributed by atoms with E-state index in [9.17, 15) is 22.8 Å². The van der Waals surface area contributed by atoms with Gasteiger partial charge in [-0.25, -0.2) is 0 Å². The largest absolute Gasteiger partial charge is 0.418 e. The highest BCUT2D eigenvalue weighted by Crippen LogP contribution is 2.44. The lowest BCUT2D eigenvalue weighted by atomic mass is 9.81. The molecule has 3 aromatic rings. The Morgan fingerprint density at radius 1 is 1.03 bits per heavy atom. The zero-order valence-corrected chi connectivity index (χ0v) is 16.6. The predicted octanol–water partition coefficient (Wildman–Crippen LogP) is 5.32. The van der Waals surface area contributed by atoms with Crippen LogP contribution in [-0.2, 0) is 11.0 Å². The van der Waals surface area contributed by atoms with Crippen LogP contribution in [0.5, 0.6) is 0 Å². The highest BCUT2D eigenvalue weighted by atomic mass is 32.1. The highest BCUT2D eigenvalue weighted by Gasteiger charge is 2.43. The number of halogens is 3. The van der Waals surface area contributed by atoms with Crippen LogP contribution in [-0.4, -0.2) is 23.8 Å². The highest BCUT2D eigenvalue weighted by molar-refractivity contribution is 7.10. The van der Waals surface area contributed by atoms with Crippen molar-refractivity contribution >= 4 is 28.8 Å². The maximum Gasteiger partial charge on any atom is 0.418 e. The van der Waals surface area contributed by atoms with Gasteiger partial charge >= 0.3 is 6.18 Å². The second-order valence-electron chi connectivity index (χ2n) is 6.97. The summed E-state index contributed by atoms with van der Waals surface area (Å²) in [6.45, 7) is 0. The van der Waals surface area contributed by atoms with Crippen molar-refractivity contribution in [1.82, 2.24) is 4.90 Å². The van der Waals surface area contributed by atoms with E-state index in [-0.39, 0.29) is 11.6 Å². The maximum absolute atomic E-state index is 13.4. The number of rotatable bonds is 3. The van der Waals surface area contributed by atoms with Crippen LogP contribution in [0.15, 0.2) is 66.0 Å². The summed E-state index contributed by atoms with van der Waals surface area (Å²) in [4.78, 5) is 28.5.